The average molecular weight is 298 g/mol. The van der Waals surface area contributed by atoms with E-state index >= 15 is 0 Å². The molecule has 0 saturated carbocycles. The summed E-state index contributed by atoms with van der Waals surface area (Å²) in [6.45, 7) is 4.61. The fourth-order valence-electron chi connectivity index (χ4n) is 2.37. The number of fused-ring (bicyclic) bond motifs is 3. The molecular weight excluding hydrogens is 272 g/mol. The maximum Gasteiger partial charge on any atom is 0.282 e. The Morgan fingerprint density at radius 3 is 2.48 bits per heavy atom. The summed E-state index contributed by atoms with van der Waals surface area (Å²) in [4.78, 5) is 0. The summed E-state index contributed by atoms with van der Waals surface area (Å²) in [5.41, 5.74) is 3.01. The molecule has 3 fully saturated rings. The lowest BCUT2D eigenvalue weighted by Crippen LogP contribution is -2.58. The van der Waals surface area contributed by atoms with Gasteiger partial charge in [0.2, 0.25) is 0 Å². The highest BCUT2D eigenvalue weighted by Gasteiger charge is 2.49. The van der Waals surface area contributed by atoms with Crippen molar-refractivity contribution in [2.24, 2.45) is 5.41 Å². The second-order valence-electron chi connectivity index (χ2n) is 6.02. The monoisotopic (exact) mass is 298 g/mol. The molecular formula is C16H26O5. The van der Waals surface area contributed by atoms with Gasteiger partial charge in [-0.2, -0.15) is 0 Å². The van der Waals surface area contributed by atoms with Crippen LogP contribution in [0.2, 0.25) is 0 Å². The topological polar surface area (TPSA) is 46.2 Å². The highest BCUT2D eigenvalue weighted by atomic mass is 16.9. The van der Waals surface area contributed by atoms with E-state index in [1.165, 1.54) is 6.26 Å². The Morgan fingerprint density at radius 1 is 1.10 bits per heavy atom. The summed E-state index contributed by atoms with van der Waals surface area (Å²) in [5, 5.41) is 0. The number of hydrogen-bond acceptors (Lipinski definition) is 5. The third-order valence-electron chi connectivity index (χ3n) is 3.71. The van der Waals surface area contributed by atoms with E-state index in [9.17, 15) is 0 Å². The van der Waals surface area contributed by atoms with Crippen molar-refractivity contribution in [1.29, 1.82) is 0 Å². The predicted octanol–water partition coefficient (Wildman–Crippen LogP) is 2.96. The van der Waals surface area contributed by atoms with Crippen molar-refractivity contribution in [2.45, 2.75) is 45.0 Å². The van der Waals surface area contributed by atoms with Crippen molar-refractivity contribution in [3.05, 3.63) is 18.1 Å². The summed E-state index contributed by atoms with van der Waals surface area (Å²) in [6.07, 6.45) is 8.56. The van der Waals surface area contributed by atoms with E-state index < -0.39 is 5.97 Å². The molecule has 3 aliphatic heterocycles. The molecule has 0 aliphatic carbocycles. The molecule has 3 heterocycles. The van der Waals surface area contributed by atoms with Gasteiger partial charge in [-0.1, -0.05) is 19.1 Å². The van der Waals surface area contributed by atoms with E-state index in [0.717, 1.165) is 51.9 Å². The van der Waals surface area contributed by atoms with Gasteiger partial charge in [0.1, 0.15) is 6.26 Å². The molecule has 0 aromatic rings. The summed E-state index contributed by atoms with van der Waals surface area (Å²) in [6, 6.07) is 0. The molecule has 0 aromatic carbocycles. The molecule has 120 valence electrons. The molecule has 0 aromatic heterocycles. The first-order valence-corrected chi connectivity index (χ1v) is 7.60. The summed E-state index contributed by atoms with van der Waals surface area (Å²) < 4.78 is 27.0. The van der Waals surface area contributed by atoms with E-state index in [-0.39, 0.29) is 12.2 Å². The van der Waals surface area contributed by atoms with Crippen molar-refractivity contribution < 1.29 is 23.7 Å². The number of rotatable bonds is 9. The second-order valence-corrected chi connectivity index (χ2v) is 6.02. The van der Waals surface area contributed by atoms with Gasteiger partial charge in [-0.25, -0.2) is 0 Å². The van der Waals surface area contributed by atoms with Gasteiger partial charge in [-0.15, -0.1) is 0 Å². The quantitative estimate of drug-likeness (QED) is 0.283. The second kappa shape index (κ2) is 7.97. The first-order valence-electron chi connectivity index (χ1n) is 7.60. The molecule has 3 aliphatic rings. The third-order valence-corrected chi connectivity index (χ3v) is 3.71. The zero-order chi connectivity index (χ0) is 15.0. The van der Waals surface area contributed by atoms with Crippen LogP contribution >= 0.6 is 0 Å². The summed E-state index contributed by atoms with van der Waals surface area (Å²) >= 11 is 0. The van der Waals surface area contributed by atoms with Crippen LogP contribution in [0.5, 0.6) is 0 Å². The Kier molecular flexibility index (Phi) is 6.27. The van der Waals surface area contributed by atoms with Crippen molar-refractivity contribution in [3.8, 4) is 0 Å². The smallest absolute Gasteiger partial charge is 0.282 e. The van der Waals surface area contributed by atoms with Gasteiger partial charge in [0.25, 0.3) is 5.97 Å². The lowest BCUT2D eigenvalue weighted by molar-refractivity contribution is -0.467. The average Bonchev–Trinajstić information content (AvgIpc) is 2.51. The Hall–Kier alpha value is -0.840. The maximum atomic E-state index is 5.75. The van der Waals surface area contributed by atoms with Crippen molar-refractivity contribution >= 4 is 0 Å². The highest BCUT2D eigenvalue weighted by molar-refractivity contribution is 4.84. The molecule has 3 saturated heterocycles. The van der Waals surface area contributed by atoms with Crippen molar-refractivity contribution in [3.63, 3.8) is 0 Å². The molecule has 0 N–H and O–H groups in total. The number of allylic oxidation sites excluding steroid dienone is 1. The van der Waals surface area contributed by atoms with E-state index in [4.69, 9.17) is 23.7 Å². The lowest BCUT2D eigenvalue weighted by Gasteiger charge is -2.50. The molecule has 2 bridgehead atoms. The van der Waals surface area contributed by atoms with Crippen LogP contribution in [0.4, 0.5) is 0 Å². The van der Waals surface area contributed by atoms with Gasteiger partial charge >= 0.3 is 0 Å². The molecule has 0 atom stereocenters. The van der Waals surface area contributed by atoms with Crippen LogP contribution < -0.4 is 0 Å². The van der Waals surface area contributed by atoms with Gasteiger partial charge < -0.3 is 23.7 Å². The fourth-order valence-corrected chi connectivity index (χ4v) is 2.37. The molecule has 0 spiro atoms. The van der Waals surface area contributed by atoms with Crippen LogP contribution in [0.3, 0.4) is 0 Å². The van der Waals surface area contributed by atoms with Crippen LogP contribution in [0.1, 0.15) is 39.0 Å². The maximum absolute atomic E-state index is 5.75. The van der Waals surface area contributed by atoms with E-state index in [2.05, 4.69) is 12.7 Å². The third kappa shape index (κ3) is 5.13. The standard InChI is InChI=1S/C16H26O5/c1-15-11-19-16(20-12-15,21-13-15)9-7-5-3-4-6-8-10-18-14-17-2/h6,10H,3-5,7,9,11-14H2,1-2H3. The highest BCUT2D eigenvalue weighted by Crippen LogP contribution is 2.40. The van der Waals surface area contributed by atoms with E-state index in [1.54, 1.807) is 7.11 Å². The molecule has 3 rings (SSSR count). The predicted molar refractivity (Wildman–Crippen MR) is 77.4 cm³/mol. The van der Waals surface area contributed by atoms with Crippen LogP contribution in [-0.4, -0.2) is 39.7 Å². The normalized spacial score (nSPS) is 30.8. The Morgan fingerprint density at radius 2 is 1.81 bits per heavy atom. The largest absolute Gasteiger partial charge is 0.467 e. The first-order chi connectivity index (χ1) is 10.2. The van der Waals surface area contributed by atoms with Gasteiger partial charge in [0.05, 0.1) is 19.8 Å². The molecule has 0 unspecified atom stereocenters. The Bertz CT molecular complexity index is 348. The number of unbranched alkanes of at least 4 members (excludes halogenated alkanes) is 3. The minimum atomic E-state index is -0.762. The van der Waals surface area contributed by atoms with E-state index in [0.29, 0.717) is 0 Å². The number of methoxy groups -OCH3 is 1. The molecule has 0 radical (unpaired) electrons. The van der Waals surface area contributed by atoms with Crippen LogP contribution in [-0.2, 0) is 23.7 Å². The zero-order valence-electron chi connectivity index (χ0n) is 13.1. The van der Waals surface area contributed by atoms with Crippen LogP contribution in [0.15, 0.2) is 18.1 Å². The minimum absolute atomic E-state index is 0.0454. The fraction of sp³-hybridized carbons (Fsp3) is 0.812. The molecule has 5 nitrogen and oxygen atoms in total. The Labute approximate surface area is 126 Å². The SMILES string of the molecule is COCOC=C=CCCCCCC12OCC(C)(CO1)CO2. The zero-order valence-corrected chi connectivity index (χ0v) is 13.1. The molecule has 0 amide bonds. The van der Waals surface area contributed by atoms with Gasteiger partial charge in [0.15, 0.2) is 6.79 Å². The first kappa shape index (κ1) is 16.5. The van der Waals surface area contributed by atoms with Gasteiger partial charge in [-0.3, -0.25) is 0 Å². The molecule has 5 heteroatoms. The van der Waals surface area contributed by atoms with Gasteiger partial charge in [-0.05, 0) is 25.3 Å². The molecule has 21 heavy (non-hydrogen) atoms. The van der Waals surface area contributed by atoms with E-state index in [1.807, 2.05) is 6.08 Å². The number of hydrogen-bond donors (Lipinski definition) is 0. The minimum Gasteiger partial charge on any atom is -0.467 e. The van der Waals surface area contributed by atoms with Crippen LogP contribution in [0.25, 0.3) is 0 Å². The number of ether oxygens (including phenoxy) is 5. The van der Waals surface area contributed by atoms with Crippen LogP contribution in [0, 0.1) is 5.41 Å². The van der Waals surface area contributed by atoms with Crippen molar-refractivity contribution in [2.75, 3.05) is 33.7 Å². The lowest BCUT2D eigenvalue weighted by atomic mass is 9.91. The van der Waals surface area contributed by atoms with Gasteiger partial charge in [0, 0.05) is 18.9 Å². The van der Waals surface area contributed by atoms with Crippen molar-refractivity contribution in [1.82, 2.24) is 0 Å². The summed E-state index contributed by atoms with van der Waals surface area (Å²) in [5.74, 6) is -0.762. The Balaban J connectivity index is 1.53. The summed E-state index contributed by atoms with van der Waals surface area (Å²) in [7, 11) is 1.59.